The van der Waals surface area contributed by atoms with Crippen LogP contribution in [0.25, 0.3) is 0 Å². The van der Waals surface area contributed by atoms with Crippen LogP contribution in [0.1, 0.15) is 6.92 Å². The molecule has 0 saturated carbocycles. The Morgan fingerprint density at radius 2 is 1.14 bits per heavy atom. The Balaban J connectivity index is 1.77. The number of aliphatic hydroxyl groups is 10. The van der Waals surface area contributed by atoms with Gasteiger partial charge in [0, 0.05) is 6.92 Å². The van der Waals surface area contributed by atoms with Crippen molar-refractivity contribution in [1.29, 1.82) is 0 Å². The van der Waals surface area contributed by atoms with Gasteiger partial charge in [0.05, 0.1) is 19.8 Å². The van der Waals surface area contributed by atoms with Gasteiger partial charge >= 0.3 is 0 Å². The molecule has 0 aromatic carbocycles. The summed E-state index contributed by atoms with van der Waals surface area (Å²) in [7, 11) is 0. The number of ether oxygens (including phenoxy) is 5. The molecule has 0 bridgehead atoms. The summed E-state index contributed by atoms with van der Waals surface area (Å²) >= 11 is 0. The summed E-state index contributed by atoms with van der Waals surface area (Å²) < 4.78 is 27.0. The number of hydrogen-bond donors (Lipinski definition) is 11. The highest BCUT2D eigenvalue weighted by molar-refractivity contribution is 5.73. The summed E-state index contributed by atoms with van der Waals surface area (Å²) in [6.45, 7) is -1.21. The highest BCUT2D eigenvalue weighted by Gasteiger charge is 2.53. The summed E-state index contributed by atoms with van der Waals surface area (Å²) in [4.78, 5) is 11.6. The number of hydrogen-bond acceptors (Lipinski definition) is 16. The Hall–Kier alpha value is -1.13. The molecular formula is C20H35NO16. The summed E-state index contributed by atoms with van der Waals surface area (Å²) in [5.74, 6) is -0.637. The normalized spacial score (nSPS) is 49.0. The van der Waals surface area contributed by atoms with Gasteiger partial charge in [-0.25, -0.2) is 0 Å². The van der Waals surface area contributed by atoms with Crippen molar-refractivity contribution in [1.82, 2.24) is 5.32 Å². The molecule has 0 aliphatic carbocycles. The van der Waals surface area contributed by atoms with E-state index in [2.05, 4.69) is 5.32 Å². The lowest BCUT2D eigenvalue weighted by Gasteiger charge is -2.48. The molecule has 37 heavy (non-hydrogen) atoms. The van der Waals surface area contributed by atoms with Crippen molar-refractivity contribution >= 4 is 5.91 Å². The first kappa shape index (κ1) is 30.4. The first-order valence-corrected chi connectivity index (χ1v) is 11.6. The van der Waals surface area contributed by atoms with E-state index in [0.717, 1.165) is 6.92 Å². The molecule has 0 aromatic heterocycles. The predicted molar refractivity (Wildman–Crippen MR) is 113 cm³/mol. The van der Waals surface area contributed by atoms with Gasteiger partial charge in [-0.1, -0.05) is 0 Å². The second-order valence-electron chi connectivity index (χ2n) is 9.07. The van der Waals surface area contributed by atoms with Crippen LogP contribution in [0.15, 0.2) is 0 Å². The lowest BCUT2D eigenvalue weighted by atomic mass is 9.95. The molecule has 11 N–H and O–H groups in total. The van der Waals surface area contributed by atoms with Crippen LogP contribution < -0.4 is 5.32 Å². The monoisotopic (exact) mass is 545 g/mol. The van der Waals surface area contributed by atoms with Gasteiger partial charge in [-0.3, -0.25) is 4.79 Å². The smallest absolute Gasteiger partial charge is 0.217 e. The van der Waals surface area contributed by atoms with Crippen LogP contribution in [-0.4, -0.2) is 169 Å². The number of amides is 1. The van der Waals surface area contributed by atoms with E-state index >= 15 is 0 Å². The summed E-state index contributed by atoms with van der Waals surface area (Å²) in [6, 6.07) is -1.39. The zero-order valence-electron chi connectivity index (χ0n) is 19.7. The Morgan fingerprint density at radius 3 is 1.68 bits per heavy atom. The maximum atomic E-state index is 11.6. The molecule has 3 aliphatic heterocycles. The third-order valence-corrected chi connectivity index (χ3v) is 6.49. The maximum absolute atomic E-state index is 11.6. The van der Waals surface area contributed by atoms with E-state index in [4.69, 9.17) is 23.7 Å². The molecule has 0 radical (unpaired) electrons. The van der Waals surface area contributed by atoms with Crippen molar-refractivity contribution in [2.24, 2.45) is 0 Å². The highest BCUT2D eigenvalue weighted by Crippen LogP contribution is 2.32. The minimum atomic E-state index is -1.92. The van der Waals surface area contributed by atoms with Crippen LogP contribution >= 0.6 is 0 Å². The molecule has 1 amide bonds. The van der Waals surface area contributed by atoms with E-state index in [1.807, 2.05) is 0 Å². The summed E-state index contributed by atoms with van der Waals surface area (Å²) in [5, 5.41) is 103. The van der Waals surface area contributed by atoms with Gasteiger partial charge in [-0.15, -0.1) is 0 Å². The summed E-state index contributed by atoms with van der Waals surface area (Å²) in [5.41, 5.74) is 0. The number of carbonyl (C=O) groups is 1. The number of nitrogens with one attached hydrogen (secondary N) is 1. The SMILES string of the molecule is CC(=O)N[C@H]1[C@H](O[C@H]2[C@H](O)[C@H](O)[C@@H](O[C@H]3[C@H](O)[C@H](O)[C@H](O)O[C@@H]3CO)O[C@@H]2CO)O[C@H](CO)[C@@H](O)[C@@H]1O. The van der Waals surface area contributed by atoms with E-state index < -0.39 is 118 Å². The largest absolute Gasteiger partial charge is 0.394 e. The fourth-order valence-electron chi connectivity index (χ4n) is 4.46. The second kappa shape index (κ2) is 12.8. The Labute approximate surface area is 210 Å². The molecule has 17 nitrogen and oxygen atoms in total. The maximum Gasteiger partial charge on any atom is 0.217 e. The van der Waals surface area contributed by atoms with E-state index in [-0.39, 0.29) is 0 Å². The quantitative estimate of drug-likeness (QED) is 0.135. The first-order valence-electron chi connectivity index (χ1n) is 11.6. The molecule has 3 heterocycles. The van der Waals surface area contributed by atoms with Crippen LogP contribution in [0.3, 0.4) is 0 Å². The lowest BCUT2D eigenvalue weighted by molar-refractivity contribution is -0.372. The number of carbonyl (C=O) groups excluding carboxylic acids is 1. The lowest BCUT2D eigenvalue weighted by Crippen LogP contribution is -2.68. The average Bonchev–Trinajstić information content (AvgIpc) is 2.87. The van der Waals surface area contributed by atoms with Gasteiger partial charge in [0.15, 0.2) is 18.9 Å². The molecule has 0 unspecified atom stereocenters. The molecule has 3 fully saturated rings. The van der Waals surface area contributed by atoms with Crippen molar-refractivity contribution in [3.05, 3.63) is 0 Å². The zero-order valence-corrected chi connectivity index (χ0v) is 19.7. The number of rotatable bonds is 8. The number of aliphatic hydroxyl groups excluding tert-OH is 10. The predicted octanol–water partition coefficient (Wildman–Crippen LogP) is -7.43. The minimum Gasteiger partial charge on any atom is -0.394 e. The van der Waals surface area contributed by atoms with Crippen molar-refractivity contribution in [3.63, 3.8) is 0 Å². The average molecular weight is 545 g/mol. The van der Waals surface area contributed by atoms with Crippen molar-refractivity contribution in [2.45, 2.75) is 99.0 Å². The van der Waals surface area contributed by atoms with Gasteiger partial charge in [-0.05, 0) is 0 Å². The zero-order chi connectivity index (χ0) is 27.6. The Bertz CT molecular complexity index is 743. The molecule has 3 aliphatic rings. The van der Waals surface area contributed by atoms with Crippen molar-refractivity contribution in [2.75, 3.05) is 19.8 Å². The van der Waals surface area contributed by atoms with Gasteiger partial charge in [0.25, 0.3) is 0 Å². The van der Waals surface area contributed by atoms with Crippen LogP contribution in [-0.2, 0) is 28.5 Å². The van der Waals surface area contributed by atoms with Gasteiger partial charge < -0.3 is 80.1 Å². The van der Waals surface area contributed by atoms with Crippen LogP contribution in [0, 0.1) is 0 Å². The molecule has 17 heteroatoms. The van der Waals surface area contributed by atoms with Crippen LogP contribution in [0.4, 0.5) is 0 Å². The fourth-order valence-corrected chi connectivity index (χ4v) is 4.46. The highest BCUT2D eigenvalue weighted by atomic mass is 16.7. The third-order valence-electron chi connectivity index (χ3n) is 6.49. The second-order valence-corrected chi connectivity index (χ2v) is 9.07. The summed E-state index contributed by atoms with van der Waals surface area (Å²) in [6.07, 6.45) is -23.1. The minimum absolute atomic E-state index is 0.637. The first-order chi connectivity index (χ1) is 17.4. The van der Waals surface area contributed by atoms with Crippen molar-refractivity contribution in [3.8, 4) is 0 Å². The van der Waals surface area contributed by atoms with E-state index in [0.29, 0.717) is 0 Å². The van der Waals surface area contributed by atoms with E-state index in [1.54, 1.807) is 0 Å². The van der Waals surface area contributed by atoms with Crippen molar-refractivity contribution < 1.29 is 79.5 Å². The molecule has 15 atom stereocenters. The van der Waals surface area contributed by atoms with Gasteiger partial charge in [0.2, 0.25) is 5.91 Å². The molecule has 3 saturated heterocycles. The molecule has 216 valence electrons. The van der Waals surface area contributed by atoms with Crippen LogP contribution in [0.5, 0.6) is 0 Å². The standard InChI is InChI=1S/C20H35NO16/c1-5(25)21-9-11(27)10(26)6(2-22)34-19(9)36-17-8(4-24)35-20(15(31)13(17)29)37-16-7(3-23)33-18(32)14(30)12(16)28/h6-20,22-24,26-32H,2-4H2,1H3,(H,21,25)/t6-,7-,8-,9-,10-,11-,12-,13-,14+,15+,16-,17-,18-,19+,20-/m1/s1. The van der Waals surface area contributed by atoms with E-state index in [1.165, 1.54) is 0 Å². The van der Waals surface area contributed by atoms with Gasteiger partial charge in [0.1, 0.15) is 73.2 Å². The Morgan fingerprint density at radius 1 is 0.649 bits per heavy atom. The fraction of sp³-hybridized carbons (Fsp3) is 0.950. The molecule has 0 aromatic rings. The van der Waals surface area contributed by atoms with E-state index in [9.17, 15) is 55.9 Å². The van der Waals surface area contributed by atoms with Gasteiger partial charge in [-0.2, -0.15) is 0 Å². The Kier molecular flexibility index (Phi) is 10.5. The third kappa shape index (κ3) is 6.38. The van der Waals surface area contributed by atoms with Crippen LogP contribution in [0.2, 0.25) is 0 Å². The topological polar surface area (TPSA) is 278 Å². The molecule has 0 spiro atoms. The molecule has 3 rings (SSSR count). The molecular weight excluding hydrogens is 510 g/mol.